The van der Waals surface area contributed by atoms with E-state index in [1.54, 1.807) is 12.1 Å². The second-order valence-electron chi connectivity index (χ2n) is 4.19. The van der Waals surface area contributed by atoms with Gasteiger partial charge in [-0.2, -0.15) is 11.8 Å². The summed E-state index contributed by atoms with van der Waals surface area (Å²) in [6.07, 6.45) is 1.11. The lowest BCUT2D eigenvalue weighted by molar-refractivity contribution is 0.0601. The van der Waals surface area contributed by atoms with Crippen LogP contribution in [0.4, 0.5) is 11.4 Å². The molecule has 4 nitrogen and oxygen atoms in total. The Labute approximate surface area is 111 Å². The van der Waals surface area contributed by atoms with Gasteiger partial charge in [-0.15, -0.1) is 0 Å². The van der Waals surface area contributed by atoms with Gasteiger partial charge in [0.1, 0.15) is 0 Å². The minimum atomic E-state index is -0.325. The first kappa shape index (κ1) is 13.1. The van der Waals surface area contributed by atoms with Crippen LogP contribution in [0.15, 0.2) is 18.2 Å². The molecule has 0 aliphatic carbocycles. The largest absolute Gasteiger partial charge is 0.465 e. The summed E-state index contributed by atoms with van der Waals surface area (Å²) < 4.78 is 4.83. The van der Waals surface area contributed by atoms with Crippen molar-refractivity contribution in [2.75, 3.05) is 42.3 Å². The lowest BCUT2D eigenvalue weighted by Gasteiger charge is -2.25. The predicted molar refractivity (Wildman–Crippen MR) is 76.3 cm³/mol. The third-order valence-corrected chi connectivity index (χ3v) is 4.06. The maximum Gasteiger partial charge on any atom is 0.340 e. The molecule has 0 radical (unpaired) electrons. The summed E-state index contributed by atoms with van der Waals surface area (Å²) in [5.41, 5.74) is 8.07. The quantitative estimate of drug-likeness (QED) is 0.655. The number of methoxy groups -OCH3 is 1. The van der Waals surface area contributed by atoms with Crippen molar-refractivity contribution in [3.63, 3.8) is 0 Å². The van der Waals surface area contributed by atoms with Crippen LogP contribution in [0.3, 0.4) is 0 Å². The maximum atomic E-state index is 11.8. The van der Waals surface area contributed by atoms with E-state index in [-0.39, 0.29) is 5.97 Å². The highest BCUT2D eigenvalue weighted by molar-refractivity contribution is 7.99. The van der Waals surface area contributed by atoms with Crippen LogP contribution in [-0.4, -0.2) is 37.7 Å². The highest BCUT2D eigenvalue weighted by Gasteiger charge is 2.20. The van der Waals surface area contributed by atoms with Gasteiger partial charge in [0.2, 0.25) is 0 Å². The lowest BCUT2D eigenvalue weighted by atomic mass is 10.1. The van der Waals surface area contributed by atoms with Crippen LogP contribution < -0.4 is 10.6 Å². The number of para-hydroxylation sites is 1. The Morgan fingerprint density at radius 2 is 2.22 bits per heavy atom. The van der Waals surface area contributed by atoms with Crippen LogP contribution in [0.1, 0.15) is 16.8 Å². The zero-order chi connectivity index (χ0) is 13.0. The average molecular weight is 266 g/mol. The predicted octanol–water partition coefficient (Wildman–Crippen LogP) is 2.00. The fraction of sp³-hybridized carbons (Fsp3) is 0.462. The van der Waals surface area contributed by atoms with Crippen molar-refractivity contribution >= 4 is 29.1 Å². The van der Waals surface area contributed by atoms with Gasteiger partial charge in [-0.05, 0) is 24.3 Å². The van der Waals surface area contributed by atoms with Crippen molar-refractivity contribution in [1.29, 1.82) is 0 Å². The van der Waals surface area contributed by atoms with E-state index in [1.165, 1.54) is 7.11 Å². The second-order valence-corrected chi connectivity index (χ2v) is 5.41. The molecule has 0 aromatic heterocycles. The van der Waals surface area contributed by atoms with Crippen LogP contribution in [0.5, 0.6) is 0 Å². The van der Waals surface area contributed by atoms with E-state index < -0.39 is 0 Å². The molecule has 18 heavy (non-hydrogen) atoms. The summed E-state index contributed by atoms with van der Waals surface area (Å²) >= 11 is 1.94. The Balaban J connectivity index is 2.37. The Bertz CT molecular complexity index is 429. The number of hydrogen-bond acceptors (Lipinski definition) is 5. The van der Waals surface area contributed by atoms with Gasteiger partial charge in [0.05, 0.1) is 24.0 Å². The van der Waals surface area contributed by atoms with E-state index in [2.05, 4.69) is 4.90 Å². The first-order valence-electron chi connectivity index (χ1n) is 6.03. The number of thioether (sulfide) groups is 1. The number of benzene rings is 1. The summed E-state index contributed by atoms with van der Waals surface area (Å²) in [5, 5.41) is 0. The molecule has 0 unspecified atom stereocenters. The minimum absolute atomic E-state index is 0.325. The number of rotatable bonds is 2. The number of carbonyl (C=O) groups excluding carboxylic acids is 1. The fourth-order valence-electron chi connectivity index (χ4n) is 2.16. The van der Waals surface area contributed by atoms with Gasteiger partial charge >= 0.3 is 5.97 Å². The van der Waals surface area contributed by atoms with Gasteiger partial charge in [-0.3, -0.25) is 0 Å². The summed E-state index contributed by atoms with van der Waals surface area (Å²) in [6, 6.07) is 5.40. The van der Waals surface area contributed by atoms with Gasteiger partial charge in [0, 0.05) is 18.8 Å². The van der Waals surface area contributed by atoms with Crippen LogP contribution >= 0.6 is 11.8 Å². The molecule has 2 N–H and O–H groups in total. The molecule has 0 bridgehead atoms. The van der Waals surface area contributed by atoms with Gasteiger partial charge in [-0.25, -0.2) is 4.79 Å². The molecule has 0 amide bonds. The third-order valence-electron chi connectivity index (χ3n) is 3.01. The number of anilines is 2. The smallest absolute Gasteiger partial charge is 0.340 e. The molecule has 1 aromatic rings. The van der Waals surface area contributed by atoms with Gasteiger partial charge in [-0.1, -0.05) is 6.07 Å². The third kappa shape index (κ3) is 2.72. The number of hydrogen-bond donors (Lipinski definition) is 1. The molecule has 0 spiro atoms. The molecule has 1 aliphatic rings. The number of nitrogens with zero attached hydrogens (tertiary/aromatic N) is 1. The van der Waals surface area contributed by atoms with Crippen molar-refractivity contribution in [2.45, 2.75) is 6.42 Å². The summed E-state index contributed by atoms with van der Waals surface area (Å²) in [5.74, 6) is 1.90. The molecule has 0 saturated carbocycles. The zero-order valence-electron chi connectivity index (χ0n) is 10.5. The molecular formula is C13H18N2O2S. The average Bonchev–Trinajstić information content (AvgIpc) is 2.66. The summed E-state index contributed by atoms with van der Waals surface area (Å²) in [4.78, 5) is 14.0. The number of carbonyl (C=O) groups is 1. The minimum Gasteiger partial charge on any atom is -0.465 e. The highest BCUT2D eigenvalue weighted by Crippen LogP contribution is 2.30. The molecule has 2 rings (SSSR count). The van der Waals surface area contributed by atoms with E-state index in [0.717, 1.165) is 36.7 Å². The molecule has 1 fully saturated rings. The summed E-state index contributed by atoms with van der Waals surface area (Å²) in [6.45, 7) is 1.86. The molecule has 1 aromatic carbocycles. The molecule has 1 aliphatic heterocycles. The molecule has 5 heteroatoms. The van der Waals surface area contributed by atoms with Crippen LogP contribution in [0.25, 0.3) is 0 Å². The van der Waals surface area contributed by atoms with E-state index in [1.807, 2.05) is 17.8 Å². The van der Waals surface area contributed by atoms with E-state index >= 15 is 0 Å². The topological polar surface area (TPSA) is 55.6 Å². The van der Waals surface area contributed by atoms with Crippen LogP contribution in [0.2, 0.25) is 0 Å². The monoisotopic (exact) mass is 266 g/mol. The van der Waals surface area contributed by atoms with Crippen molar-refractivity contribution < 1.29 is 9.53 Å². The molecule has 0 atom stereocenters. The normalized spacial score (nSPS) is 16.2. The van der Waals surface area contributed by atoms with Crippen molar-refractivity contribution in [1.82, 2.24) is 0 Å². The standard InChI is InChI=1S/C13H18N2O2S/c1-17-13(16)10-4-2-5-11(14)12(10)15-6-3-8-18-9-7-15/h2,4-5H,3,6-9,14H2,1H3. The van der Waals surface area contributed by atoms with E-state index in [4.69, 9.17) is 10.5 Å². The first-order valence-corrected chi connectivity index (χ1v) is 7.19. The molecule has 1 heterocycles. The Morgan fingerprint density at radius 1 is 1.39 bits per heavy atom. The Morgan fingerprint density at radius 3 is 3.00 bits per heavy atom. The Hall–Kier alpha value is -1.36. The lowest BCUT2D eigenvalue weighted by Crippen LogP contribution is -2.28. The zero-order valence-corrected chi connectivity index (χ0v) is 11.3. The number of nitrogen functional groups attached to an aromatic ring is 1. The number of esters is 1. The summed E-state index contributed by atoms with van der Waals surface area (Å²) in [7, 11) is 1.40. The van der Waals surface area contributed by atoms with Gasteiger partial charge in [0.25, 0.3) is 0 Å². The van der Waals surface area contributed by atoms with Crippen LogP contribution in [0, 0.1) is 0 Å². The molecular weight excluding hydrogens is 248 g/mol. The maximum absolute atomic E-state index is 11.8. The first-order chi connectivity index (χ1) is 8.74. The van der Waals surface area contributed by atoms with Crippen LogP contribution in [-0.2, 0) is 4.74 Å². The number of nitrogens with two attached hydrogens (primary N) is 1. The van der Waals surface area contributed by atoms with Crippen molar-refractivity contribution in [2.24, 2.45) is 0 Å². The van der Waals surface area contributed by atoms with E-state index in [9.17, 15) is 4.79 Å². The highest BCUT2D eigenvalue weighted by atomic mass is 32.2. The van der Waals surface area contributed by atoms with Crippen molar-refractivity contribution in [3.05, 3.63) is 23.8 Å². The SMILES string of the molecule is COC(=O)c1cccc(N)c1N1CCCSCC1. The second kappa shape index (κ2) is 6.00. The molecule has 1 saturated heterocycles. The van der Waals surface area contributed by atoms with E-state index in [0.29, 0.717) is 11.3 Å². The number of ether oxygens (including phenoxy) is 1. The van der Waals surface area contributed by atoms with Crippen molar-refractivity contribution in [3.8, 4) is 0 Å². The Kier molecular flexibility index (Phi) is 4.36. The fourth-order valence-corrected chi connectivity index (χ4v) is 3.05. The molecule has 98 valence electrons. The van der Waals surface area contributed by atoms with Gasteiger partial charge in [0.15, 0.2) is 0 Å². The van der Waals surface area contributed by atoms with Gasteiger partial charge < -0.3 is 15.4 Å².